The molecule has 0 aliphatic heterocycles. The van der Waals surface area contributed by atoms with Gasteiger partial charge in [-0.05, 0) is 25.7 Å². The van der Waals surface area contributed by atoms with Crippen molar-refractivity contribution in [3.63, 3.8) is 0 Å². The molecule has 1 rings (SSSR count). The Morgan fingerprint density at radius 2 is 2.47 bits per heavy atom. The van der Waals surface area contributed by atoms with Gasteiger partial charge in [0.1, 0.15) is 0 Å². The van der Waals surface area contributed by atoms with Gasteiger partial charge in [0, 0.05) is 32.2 Å². The van der Waals surface area contributed by atoms with Crippen LogP contribution in [-0.2, 0) is 4.74 Å². The Morgan fingerprint density at radius 3 is 3.07 bits per heavy atom. The molecule has 15 heavy (non-hydrogen) atoms. The predicted octanol–water partition coefficient (Wildman–Crippen LogP) is 0.886. The molecule has 0 aromatic heterocycles. The van der Waals surface area contributed by atoms with Crippen molar-refractivity contribution in [2.45, 2.75) is 43.7 Å². The average Bonchev–Trinajstić information content (AvgIpc) is 2.30. The molecule has 0 bridgehead atoms. The minimum atomic E-state index is 0.0514. The molecular weight excluding hydrogens is 188 g/mol. The van der Waals surface area contributed by atoms with Crippen molar-refractivity contribution in [3.05, 3.63) is 0 Å². The number of hydrogen-bond donors (Lipinski definition) is 2. The van der Waals surface area contributed by atoms with Gasteiger partial charge in [0.2, 0.25) is 0 Å². The van der Waals surface area contributed by atoms with E-state index in [0.717, 1.165) is 32.2 Å². The highest BCUT2D eigenvalue weighted by Gasteiger charge is 2.34. The molecule has 0 spiro atoms. The number of hydrogen-bond acceptors (Lipinski definition) is 3. The first-order chi connectivity index (χ1) is 7.26. The van der Waals surface area contributed by atoms with E-state index in [1.165, 1.54) is 6.42 Å². The summed E-state index contributed by atoms with van der Waals surface area (Å²) in [5.74, 6) is 2.64. The van der Waals surface area contributed by atoms with Crippen LogP contribution in [0.2, 0.25) is 0 Å². The Hall–Kier alpha value is -0.560. The number of ether oxygens (including phenoxy) is 1. The Morgan fingerprint density at radius 1 is 1.67 bits per heavy atom. The third kappa shape index (κ3) is 3.49. The molecule has 0 heterocycles. The molecule has 0 aromatic rings. The summed E-state index contributed by atoms with van der Waals surface area (Å²) in [6.45, 7) is 1.52. The number of rotatable bonds is 5. The summed E-state index contributed by atoms with van der Waals surface area (Å²) in [6, 6.07) is 0. The van der Waals surface area contributed by atoms with Gasteiger partial charge in [-0.2, -0.15) is 0 Å². The van der Waals surface area contributed by atoms with E-state index < -0.39 is 0 Å². The van der Waals surface area contributed by atoms with Crippen LogP contribution in [0.1, 0.15) is 32.1 Å². The summed E-state index contributed by atoms with van der Waals surface area (Å²) < 4.78 is 5.42. The van der Waals surface area contributed by atoms with Crippen molar-refractivity contribution in [2.75, 3.05) is 20.2 Å². The molecule has 0 amide bonds. The fraction of sp³-hybridized carbons (Fsp3) is 0.833. The first-order valence-electron chi connectivity index (χ1n) is 5.68. The lowest BCUT2D eigenvalue weighted by Crippen LogP contribution is -2.55. The lowest BCUT2D eigenvalue weighted by Gasteiger charge is -2.40. The predicted molar refractivity (Wildman–Crippen MR) is 62.5 cm³/mol. The van der Waals surface area contributed by atoms with Gasteiger partial charge >= 0.3 is 0 Å². The molecule has 0 saturated heterocycles. The monoisotopic (exact) mass is 210 g/mol. The average molecular weight is 210 g/mol. The zero-order valence-electron chi connectivity index (χ0n) is 9.59. The fourth-order valence-corrected chi connectivity index (χ4v) is 2.33. The molecule has 2 atom stereocenters. The number of nitrogens with two attached hydrogens (primary N) is 1. The van der Waals surface area contributed by atoms with Gasteiger partial charge in [-0.1, -0.05) is 0 Å². The second-order valence-electron chi connectivity index (χ2n) is 4.32. The van der Waals surface area contributed by atoms with E-state index >= 15 is 0 Å². The van der Waals surface area contributed by atoms with E-state index in [-0.39, 0.29) is 5.54 Å². The first-order valence-corrected chi connectivity index (χ1v) is 5.68. The van der Waals surface area contributed by atoms with Crippen LogP contribution in [-0.4, -0.2) is 31.8 Å². The van der Waals surface area contributed by atoms with Crippen molar-refractivity contribution in [2.24, 2.45) is 5.73 Å². The van der Waals surface area contributed by atoms with Crippen LogP contribution in [0.4, 0.5) is 0 Å². The Bertz CT molecular complexity index is 224. The van der Waals surface area contributed by atoms with Gasteiger partial charge in [0.25, 0.3) is 0 Å². The van der Waals surface area contributed by atoms with Crippen LogP contribution < -0.4 is 11.1 Å². The van der Waals surface area contributed by atoms with Gasteiger partial charge < -0.3 is 15.8 Å². The number of nitrogens with one attached hydrogen (secondary N) is 1. The quantitative estimate of drug-likeness (QED) is 0.523. The SMILES string of the molecule is C#CCCNC1(CN)CCCC(OC)C1. The second kappa shape index (κ2) is 6.12. The van der Waals surface area contributed by atoms with Crippen LogP contribution in [0.15, 0.2) is 0 Å². The molecule has 0 aromatic carbocycles. The summed E-state index contributed by atoms with van der Waals surface area (Å²) >= 11 is 0. The number of terminal acetylenes is 1. The third-order valence-electron chi connectivity index (χ3n) is 3.29. The number of methoxy groups -OCH3 is 1. The van der Waals surface area contributed by atoms with E-state index in [4.69, 9.17) is 16.9 Å². The van der Waals surface area contributed by atoms with Crippen molar-refractivity contribution >= 4 is 0 Å². The lowest BCUT2D eigenvalue weighted by molar-refractivity contribution is 0.0332. The standard InChI is InChI=1S/C12H22N2O/c1-3-4-8-14-12(10-13)7-5-6-11(9-12)15-2/h1,11,14H,4-10,13H2,2H3. The van der Waals surface area contributed by atoms with Crippen LogP contribution in [0, 0.1) is 12.3 Å². The second-order valence-corrected chi connectivity index (χ2v) is 4.32. The summed E-state index contributed by atoms with van der Waals surface area (Å²) in [5.41, 5.74) is 5.92. The van der Waals surface area contributed by atoms with Crippen LogP contribution in [0.3, 0.4) is 0 Å². The lowest BCUT2D eigenvalue weighted by atomic mass is 9.80. The molecule has 1 aliphatic rings. The molecule has 1 fully saturated rings. The highest BCUT2D eigenvalue weighted by atomic mass is 16.5. The molecule has 2 unspecified atom stereocenters. The van der Waals surface area contributed by atoms with Gasteiger partial charge in [-0.3, -0.25) is 0 Å². The smallest absolute Gasteiger partial charge is 0.0589 e. The van der Waals surface area contributed by atoms with E-state index in [9.17, 15) is 0 Å². The summed E-state index contributed by atoms with van der Waals surface area (Å²) in [5, 5.41) is 3.50. The summed E-state index contributed by atoms with van der Waals surface area (Å²) in [6.07, 6.45) is 10.8. The molecule has 0 radical (unpaired) electrons. The molecule has 86 valence electrons. The summed E-state index contributed by atoms with van der Waals surface area (Å²) in [4.78, 5) is 0. The Balaban J connectivity index is 2.47. The van der Waals surface area contributed by atoms with Gasteiger partial charge in [0.15, 0.2) is 0 Å². The minimum Gasteiger partial charge on any atom is -0.381 e. The molecule has 3 heteroatoms. The van der Waals surface area contributed by atoms with E-state index in [1.807, 2.05) is 0 Å². The van der Waals surface area contributed by atoms with Gasteiger partial charge in [0.05, 0.1) is 6.10 Å². The maximum absolute atomic E-state index is 5.87. The Labute approximate surface area is 92.8 Å². The van der Waals surface area contributed by atoms with Crippen molar-refractivity contribution in [1.82, 2.24) is 5.32 Å². The van der Waals surface area contributed by atoms with Gasteiger partial charge in [-0.15, -0.1) is 12.3 Å². The van der Waals surface area contributed by atoms with Gasteiger partial charge in [-0.25, -0.2) is 0 Å². The zero-order valence-corrected chi connectivity index (χ0v) is 9.59. The van der Waals surface area contributed by atoms with E-state index in [1.54, 1.807) is 7.11 Å². The maximum Gasteiger partial charge on any atom is 0.0589 e. The molecule has 1 aliphatic carbocycles. The third-order valence-corrected chi connectivity index (χ3v) is 3.29. The highest BCUT2D eigenvalue weighted by molar-refractivity contribution is 4.96. The normalized spacial score (nSPS) is 31.1. The fourth-order valence-electron chi connectivity index (χ4n) is 2.33. The molecule has 3 N–H and O–H groups in total. The maximum atomic E-state index is 5.87. The molecule has 1 saturated carbocycles. The summed E-state index contributed by atoms with van der Waals surface area (Å²) in [7, 11) is 1.78. The van der Waals surface area contributed by atoms with Crippen molar-refractivity contribution in [3.8, 4) is 12.3 Å². The Kier molecular flexibility index (Phi) is 5.10. The minimum absolute atomic E-state index is 0.0514. The van der Waals surface area contributed by atoms with Crippen molar-refractivity contribution in [1.29, 1.82) is 0 Å². The van der Waals surface area contributed by atoms with Crippen molar-refractivity contribution < 1.29 is 4.74 Å². The highest BCUT2D eigenvalue weighted by Crippen LogP contribution is 2.29. The van der Waals surface area contributed by atoms with Crippen LogP contribution in [0.25, 0.3) is 0 Å². The first kappa shape index (κ1) is 12.5. The van der Waals surface area contributed by atoms with Crippen LogP contribution in [0.5, 0.6) is 0 Å². The van der Waals surface area contributed by atoms with E-state index in [2.05, 4.69) is 11.2 Å². The largest absolute Gasteiger partial charge is 0.381 e. The zero-order chi connectivity index (χ0) is 11.1. The van der Waals surface area contributed by atoms with E-state index in [0.29, 0.717) is 12.6 Å². The topological polar surface area (TPSA) is 47.3 Å². The molecule has 3 nitrogen and oxygen atoms in total. The van der Waals surface area contributed by atoms with Crippen LogP contribution >= 0.6 is 0 Å². The molecular formula is C12H22N2O.